The predicted molar refractivity (Wildman–Crippen MR) is 66.7 cm³/mol. The summed E-state index contributed by atoms with van der Waals surface area (Å²) in [6.07, 6.45) is 5.66. The minimum atomic E-state index is 0.593. The van der Waals surface area contributed by atoms with Gasteiger partial charge in [0, 0.05) is 24.7 Å². The lowest BCUT2D eigenvalue weighted by Crippen LogP contribution is -2.68. The van der Waals surface area contributed by atoms with Crippen LogP contribution in [0.1, 0.15) is 25.7 Å². The van der Waals surface area contributed by atoms with Crippen molar-refractivity contribution in [2.24, 2.45) is 0 Å². The topological polar surface area (TPSA) is 9.72 Å². The van der Waals surface area contributed by atoms with Crippen LogP contribution in [-0.4, -0.2) is 73.1 Å². The van der Waals surface area contributed by atoms with E-state index in [2.05, 4.69) is 28.8 Å². The molecule has 0 aromatic carbocycles. The summed E-state index contributed by atoms with van der Waals surface area (Å²) in [6, 6.07) is 0.882. The standard InChI is InChI=1S/C13H25N3/c1-14-8-4-12(5-9-14)16-7-3-6-13(16)10-15(2)11-13/h12H,3-11H2,1-2H3. The van der Waals surface area contributed by atoms with Crippen LogP contribution < -0.4 is 0 Å². The number of likely N-dealkylation sites (tertiary alicyclic amines) is 3. The first kappa shape index (κ1) is 11.0. The molecule has 3 saturated heterocycles. The quantitative estimate of drug-likeness (QED) is 0.653. The molecule has 0 aliphatic carbocycles. The molecule has 0 N–H and O–H groups in total. The van der Waals surface area contributed by atoms with Crippen LogP contribution in [0.3, 0.4) is 0 Å². The van der Waals surface area contributed by atoms with E-state index in [-0.39, 0.29) is 0 Å². The first-order chi connectivity index (χ1) is 7.70. The van der Waals surface area contributed by atoms with Gasteiger partial charge in [-0.3, -0.25) is 4.90 Å². The van der Waals surface area contributed by atoms with Crippen molar-refractivity contribution < 1.29 is 0 Å². The highest BCUT2D eigenvalue weighted by molar-refractivity contribution is 5.08. The maximum atomic E-state index is 2.88. The van der Waals surface area contributed by atoms with Crippen LogP contribution in [0.4, 0.5) is 0 Å². The predicted octanol–water partition coefficient (Wildman–Crippen LogP) is 0.861. The number of likely N-dealkylation sites (N-methyl/N-ethyl adjacent to an activating group) is 1. The Kier molecular flexibility index (Phi) is 2.73. The average Bonchev–Trinajstić information content (AvgIpc) is 2.63. The van der Waals surface area contributed by atoms with E-state index >= 15 is 0 Å². The number of piperidine rings is 1. The van der Waals surface area contributed by atoms with Crippen LogP contribution in [-0.2, 0) is 0 Å². The first-order valence-corrected chi connectivity index (χ1v) is 6.83. The molecule has 16 heavy (non-hydrogen) atoms. The normalized spacial score (nSPS) is 33.4. The lowest BCUT2D eigenvalue weighted by molar-refractivity contribution is -0.0481. The Labute approximate surface area is 99.4 Å². The molecule has 3 rings (SSSR count). The van der Waals surface area contributed by atoms with E-state index < -0.39 is 0 Å². The molecule has 0 saturated carbocycles. The van der Waals surface area contributed by atoms with Gasteiger partial charge >= 0.3 is 0 Å². The summed E-state index contributed by atoms with van der Waals surface area (Å²) in [7, 11) is 4.52. The summed E-state index contributed by atoms with van der Waals surface area (Å²) in [5.41, 5.74) is 0.593. The zero-order valence-electron chi connectivity index (χ0n) is 10.8. The molecule has 1 spiro atoms. The molecule has 3 nitrogen and oxygen atoms in total. The molecule has 3 aliphatic rings. The van der Waals surface area contributed by atoms with Gasteiger partial charge in [0.05, 0.1) is 0 Å². The van der Waals surface area contributed by atoms with Crippen LogP contribution in [0.25, 0.3) is 0 Å². The van der Waals surface area contributed by atoms with Crippen molar-refractivity contribution in [2.75, 3.05) is 46.8 Å². The highest BCUT2D eigenvalue weighted by Crippen LogP contribution is 2.39. The second-order valence-corrected chi connectivity index (χ2v) is 6.23. The zero-order valence-corrected chi connectivity index (χ0v) is 10.8. The lowest BCUT2D eigenvalue weighted by atomic mass is 9.85. The van der Waals surface area contributed by atoms with Crippen molar-refractivity contribution in [1.29, 1.82) is 0 Å². The Morgan fingerprint density at radius 1 is 0.938 bits per heavy atom. The van der Waals surface area contributed by atoms with E-state index in [1.807, 2.05) is 0 Å². The molecule has 0 atom stereocenters. The average molecular weight is 223 g/mol. The van der Waals surface area contributed by atoms with Gasteiger partial charge in [-0.25, -0.2) is 0 Å². The number of hydrogen-bond acceptors (Lipinski definition) is 3. The molecule has 0 bridgehead atoms. The molecule has 3 fully saturated rings. The molecular weight excluding hydrogens is 198 g/mol. The van der Waals surface area contributed by atoms with Crippen molar-refractivity contribution in [3.8, 4) is 0 Å². The van der Waals surface area contributed by atoms with E-state index in [0.717, 1.165) is 6.04 Å². The highest BCUT2D eigenvalue weighted by Gasteiger charge is 2.50. The molecule has 92 valence electrons. The largest absolute Gasteiger partial charge is 0.306 e. The van der Waals surface area contributed by atoms with E-state index in [1.165, 1.54) is 58.4 Å². The van der Waals surface area contributed by atoms with Gasteiger partial charge in [0.1, 0.15) is 0 Å². The van der Waals surface area contributed by atoms with Gasteiger partial charge in [0.25, 0.3) is 0 Å². The van der Waals surface area contributed by atoms with E-state index in [1.54, 1.807) is 0 Å². The Bertz CT molecular complexity index is 252. The lowest BCUT2D eigenvalue weighted by Gasteiger charge is -2.55. The van der Waals surface area contributed by atoms with Crippen molar-refractivity contribution in [2.45, 2.75) is 37.3 Å². The molecule has 3 heteroatoms. The first-order valence-electron chi connectivity index (χ1n) is 6.83. The van der Waals surface area contributed by atoms with Crippen molar-refractivity contribution in [3.05, 3.63) is 0 Å². The molecule has 3 aliphatic heterocycles. The van der Waals surface area contributed by atoms with Crippen LogP contribution in [0.15, 0.2) is 0 Å². The second kappa shape index (κ2) is 3.97. The fourth-order valence-electron chi connectivity index (χ4n) is 4.13. The van der Waals surface area contributed by atoms with Crippen LogP contribution >= 0.6 is 0 Å². The van der Waals surface area contributed by atoms with Gasteiger partial charge in [0.15, 0.2) is 0 Å². The SMILES string of the molecule is CN1CCC(N2CCCC23CN(C)C3)CC1. The Morgan fingerprint density at radius 3 is 2.25 bits per heavy atom. The molecule has 0 aromatic heterocycles. The molecule has 0 unspecified atom stereocenters. The molecule has 0 aromatic rings. The fourth-order valence-corrected chi connectivity index (χ4v) is 4.13. The Morgan fingerprint density at radius 2 is 1.62 bits per heavy atom. The molecule has 0 radical (unpaired) electrons. The summed E-state index contributed by atoms with van der Waals surface area (Å²) in [5.74, 6) is 0. The summed E-state index contributed by atoms with van der Waals surface area (Å²) in [6.45, 7) is 6.60. The Balaban J connectivity index is 1.65. The third kappa shape index (κ3) is 1.69. The third-order valence-corrected chi connectivity index (χ3v) is 4.91. The number of hydrogen-bond donors (Lipinski definition) is 0. The summed E-state index contributed by atoms with van der Waals surface area (Å²) >= 11 is 0. The molecule has 0 amide bonds. The smallest absolute Gasteiger partial charge is 0.0466 e. The van der Waals surface area contributed by atoms with E-state index in [0.29, 0.717) is 5.54 Å². The second-order valence-electron chi connectivity index (χ2n) is 6.23. The van der Waals surface area contributed by atoms with Crippen molar-refractivity contribution >= 4 is 0 Å². The zero-order chi connectivity index (χ0) is 11.2. The summed E-state index contributed by atoms with van der Waals surface area (Å²) in [5, 5.41) is 0. The maximum Gasteiger partial charge on any atom is 0.0466 e. The van der Waals surface area contributed by atoms with Crippen molar-refractivity contribution in [1.82, 2.24) is 14.7 Å². The number of rotatable bonds is 1. The van der Waals surface area contributed by atoms with Gasteiger partial charge in [-0.15, -0.1) is 0 Å². The van der Waals surface area contributed by atoms with Crippen LogP contribution in [0.5, 0.6) is 0 Å². The molecular formula is C13H25N3. The monoisotopic (exact) mass is 223 g/mol. The fraction of sp³-hybridized carbons (Fsp3) is 1.00. The number of nitrogens with zero attached hydrogens (tertiary/aromatic N) is 3. The molecule has 3 heterocycles. The highest BCUT2D eigenvalue weighted by atomic mass is 15.4. The van der Waals surface area contributed by atoms with Gasteiger partial charge in [-0.1, -0.05) is 0 Å². The minimum absolute atomic E-state index is 0.593. The van der Waals surface area contributed by atoms with Crippen molar-refractivity contribution in [3.63, 3.8) is 0 Å². The van der Waals surface area contributed by atoms with Crippen LogP contribution in [0, 0.1) is 0 Å². The van der Waals surface area contributed by atoms with E-state index in [4.69, 9.17) is 0 Å². The van der Waals surface area contributed by atoms with Gasteiger partial charge in [0.2, 0.25) is 0 Å². The Hall–Kier alpha value is -0.120. The summed E-state index contributed by atoms with van der Waals surface area (Å²) < 4.78 is 0. The van der Waals surface area contributed by atoms with Gasteiger partial charge in [-0.05, 0) is 59.4 Å². The van der Waals surface area contributed by atoms with Crippen LogP contribution in [0.2, 0.25) is 0 Å². The van der Waals surface area contributed by atoms with E-state index in [9.17, 15) is 0 Å². The summed E-state index contributed by atoms with van der Waals surface area (Å²) in [4.78, 5) is 7.83. The van der Waals surface area contributed by atoms with Gasteiger partial charge < -0.3 is 9.80 Å². The third-order valence-electron chi connectivity index (χ3n) is 4.91. The minimum Gasteiger partial charge on any atom is -0.306 e. The van der Waals surface area contributed by atoms with Gasteiger partial charge in [-0.2, -0.15) is 0 Å². The maximum absolute atomic E-state index is 2.88.